The first-order chi connectivity index (χ1) is 7.34. The second-order valence-electron chi connectivity index (χ2n) is 4.72. The highest BCUT2D eigenvalue weighted by Crippen LogP contribution is 2.39. The van der Waals surface area contributed by atoms with Gasteiger partial charge in [-0.2, -0.15) is 4.37 Å². The zero-order valence-electron chi connectivity index (χ0n) is 9.15. The van der Waals surface area contributed by atoms with Crippen LogP contribution in [-0.4, -0.2) is 21.9 Å². The minimum absolute atomic E-state index is 0.770. The Morgan fingerprint density at radius 3 is 2.93 bits per heavy atom. The van der Waals surface area contributed by atoms with E-state index in [1.54, 1.807) is 11.5 Å². The van der Waals surface area contributed by atoms with Gasteiger partial charge in [-0.15, -0.1) is 0 Å². The van der Waals surface area contributed by atoms with Crippen molar-refractivity contribution >= 4 is 16.7 Å². The topological polar surface area (TPSA) is 29.0 Å². The van der Waals surface area contributed by atoms with Crippen molar-refractivity contribution < 1.29 is 0 Å². The van der Waals surface area contributed by atoms with Crippen molar-refractivity contribution in [2.24, 2.45) is 5.92 Å². The van der Waals surface area contributed by atoms with E-state index >= 15 is 0 Å². The molecule has 1 saturated heterocycles. The van der Waals surface area contributed by atoms with Crippen LogP contribution in [0.25, 0.3) is 0 Å². The number of aromatic nitrogens is 2. The molecule has 4 heteroatoms. The second-order valence-corrected chi connectivity index (χ2v) is 5.45. The normalized spacial score (nSPS) is 30.6. The predicted octanol–water partition coefficient (Wildman–Crippen LogP) is 2.62. The molecule has 2 atom stereocenters. The third-order valence-electron chi connectivity index (χ3n) is 3.77. The Bertz CT molecular complexity index is 349. The molecule has 1 aliphatic heterocycles. The summed E-state index contributed by atoms with van der Waals surface area (Å²) in [7, 11) is 0. The maximum Gasteiger partial charge on any atom is 0.205 e. The Balaban J connectivity index is 1.82. The lowest BCUT2D eigenvalue weighted by molar-refractivity contribution is 0.342. The molecule has 0 spiro atoms. The fourth-order valence-electron chi connectivity index (χ4n) is 3.05. The van der Waals surface area contributed by atoms with Crippen LogP contribution >= 0.6 is 11.5 Å². The molecule has 1 saturated carbocycles. The van der Waals surface area contributed by atoms with Crippen LogP contribution in [-0.2, 0) is 0 Å². The molecule has 1 aliphatic carbocycles. The van der Waals surface area contributed by atoms with Crippen LogP contribution in [0.2, 0.25) is 0 Å². The minimum Gasteiger partial charge on any atom is -0.344 e. The summed E-state index contributed by atoms with van der Waals surface area (Å²) >= 11 is 1.57. The lowest BCUT2D eigenvalue weighted by atomic mass is 9.85. The van der Waals surface area contributed by atoms with Gasteiger partial charge in [-0.3, -0.25) is 0 Å². The fourth-order valence-corrected chi connectivity index (χ4v) is 3.81. The van der Waals surface area contributed by atoms with Gasteiger partial charge in [0.1, 0.15) is 5.82 Å². The molecule has 0 N–H and O–H groups in total. The van der Waals surface area contributed by atoms with Crippen molar-refractivity contribution in [3.8, 4) is 0 Å². The molecule has 2 aliphatic rings. The first-order valence-electron chi connectivity index (χ1n) is 5.91. The highest BCUT2D eigenvalue weighted by atomic mass is 32.1. The summed E-state index contributed by atoms with van der Waals surface area (Å²) in [4.78, 5) is 7.03. The van der Waals surface area contributed by atoms with Crippen LogP contribution in [0.4, 0.5) is 5.13 Å². The summed E-state index contributed by atoms with van der Waals surface area (Å²) in [6.07, 6.45) is 6.99. The van der Waals surface area contributed by atoms with Crippen LogP contribution in [0.15, 0.2) is 0 Å². The summed E-state index contributed by atoms with van der Waals surface area (Å²) in [5.74, 6) is 1.86. The number of hydrogen-bond acceptors (Lipinski definition) is 4. The highest BCUT2D eigenvalue weighted by molar-refractivity contribution is 7.09. The Morgan fingerprint density at radius 2 is 2.13 bits per heavy atom. The van der Waals surface area contributed by atoms with Crippen molar-refractivity contribution in [3.05, 3.63) is 5.82 Å². The quantitative estimate of drug-likeness (QED) is 0.733. The van der Waals surface area contributed by atoms with Gasteiger partial charge in [-0.25, -0.2) is 4.98 Å². The van der Waals surface area contributed by atoms with E-state index in [9.17, 15) is 0 Å². The summed E-state index contributed by atoms with van der Waals surface area (Å²) < 4.78 is 4.29. The first kappa shape index (κ1) is 9.58. The van der Waals surface area contributed by atoms with E-state index in [1.807, 2.05) is 6.92 Å². The molecule has 0 bridgehead atoms. The van der Waals surface area contributed by atoms with E-state index in [0.29, 0.717) is 0 Å². The number of hydrogen-bond donors (Lipinski definition) is 0. The van der Waals surface area contributed by atoms with Crippen LogP contribution in [0.3, 0.4) is 0 Å². The molecule has 0 amide bonds. The van der Waals surface area contributed by atoms with Crippen LogP contribution in [0.5, 0.6) is 0 Å². The third kappa shape index (κ3) is 1.65. The van der Waals surface area contributed by atoms with Gasteiger partial charge < -0.3 is 4.90 Å². The Labute approximate surface area is 94.7 Å². The van der Waals surface area contributed by atoms with Gasteiger partial charge in [-0.1, -0.05) is 12.8 Å². The van der Waals surface area contributed by atoms with Crippen LogP contribution in [0, 0.1) is 12.8 Å². The SMILES string of the molecule is Cc1nsc(N2CC[C@@H]3CCCC[C@@H]32)n1. The molecule has 3 rings (SSSR count). The van der Waals surface area contributed by atoms with Gasteiger partial charge in [0.15, 0.2) is 0 Å². The molecule has 0 radical (unpaired) electrons. The minimum atomic E-state index is 0.770. The van der Waals surface area contributed by atoms with Crippen molar-refractivity contribution in [3.63, 3.8) is 0 Å². The lowest BCUT2D eigenvalue weighted by Gasteiger charge is -2.31. The monoisotopic (exact) mass is 223 g/mol. The highest BCUT2D eigenvalue weighted by Gasteiger charge is 2.36. The van der Waals surface area contributed by atoms with Crippen molar-refractivity contribution in [2.45, 2.75) is 45.1 Å². The molecule has 3 nitrogen and oxygen atoms in total. The standard InChI is InChI=1S/C11H17N3S/c1-8-12-11(15-13-8)14-7-6-9-4-2-3-5-10(9)14/h9-10H,2-7H2,1H3/t9-,10-/m0/s1. The maximum atomic E-state index is 4.52. The molecule has 0 unspecified atom stereocenters. The number of fused-ring (bicyclic) bond motifs is 1. The number of anilines is 1. The van der Waals surface area contributed by atoms with Crippen molar-refractivity contribution in [1.29, 1.82) is 0 Å². The Hall–Kier alpha value is -0.640. The van der Waals surface area contributed by atoms with Gasteiger partial charge in [0.05, 0.1) is 0 Å². The first-order valence-corrected chi connectivity index (χ1v) is 6.69. The molecule has 15 heavy (non-hydrogen) atoms. The average Bonchev–Trinajstić information content (AvgIpc) is 2.83. The summed E-state index contributed by atoms with van der Waals surface area (Å²) in [5.41, 5.74) is 0. The molecule has 82 valence electrons. The van der Waals surface area contributed by atoms with E-state index in [0.717, 1.165) is 22.9 Å². The molecule has 2 fully saturated rings. The molecular formula is C11H17N3S. The second kappa shape index (κ2) is 3.74. The predicted molar refractivity (Wildman–Crippen MR) is 62.4 cm³/mol. The molecule has 1 aromatic rings. The Kier molecular flexibility index (Phi) is 2.39. The molecule has 1 aromatic heterocycles. The smallest absolute Gasteiger partial charge is 0.205 e. The largest absolute Gasteiger partial charge is 0.344 e. The van der Waals surface area contributed by atoms with E-state index in [2.05, 4.69) is 14.3 Å². The summed E-state index contributed by atoms with van der Waals surface area (Å²) in [6.45, 7) is 3.18. The maximum absolute atomic E-state index is 4.52. The number of aryl methyl sites for hydroxylation is 1. The lowest BCUT2D eigenvalue weighted by Crippen LogP contribution is -2.34. The average molecular weight is 223 g/mol. The number of nitrogens with zero attached hydrogens (tertiary/aromatic N) is 3. The van der Waals surface area contributed by atoms with E-state index < -0.39 is 0 Å². The zero-order chi connectivity index (χ0) is 10.3. The van der Waals surface area contributed by atoms with Gasteiger partial charge in [0, 0.05) is 24.1 Å². The van der Waals surface area contributed by atoms with Crippen LogP contribution < -0.4 is 4.90 Å². The van der Waals surface area contributed by atoms with Gasteiger partial charge in [-0.05, 0) is 32.1 Å². The van der Waals surface area contributed by atoms with Crippen LogP contribution in [0.1, 0.15) is 37.9 Å². The zero-order valence-corrected chi connectivity index (χ0v) is 9.96. The van der Waals surface area contributed by atoms with Gasteiger partial charge in [0.25, 0.3) is 0 Å². The fraction of sp³-hybridized carbons (Fsp3) is 0.818. The summed E-state index contributed by atoms with van der Waals surface area (Å²) in [5, 5.41) is 1.15. The summed E-state index contributed by atoms with van der Waals surface area (Å²) in [6, 6.07) is 0.770. The van der Waals surface area contributed by atoms with Gasteiger partial charge in [0.2, 0.25) is 5.13 Å². The van der Waals surface area contributed by atoms with E-state index in [4.69, 9.17) is 0 Å². The van der Waals surface area contributed by atoms with E-state index in [-0.39, 0.29) is 0 Å². The molecular weight excluding hydrogens is 206 g/mol. The van der Waals surface area contributed by atoms with E-state index in [1.165, 1.54) is 38.6 Å². The third-order valence-corrected chi connectivity index (χ3v) is 4.62. The molecule has 2 heterocycles. The van der Waals surface area contributed by atoms with Crippen molar-refractivity contribution in [2.75, 3.05) is 11.4 Å². The Morgan fingerprint density at radius 1 is 1.27 bits per heavy atom. The number of rotatable bonds is 1. The molecule has 0 aromatic carbocycles. The van der Waals surface area contributed by atoms with Gasteiger partial charge >= 0.3 is 0 Å². The van der Waals surface area contributed by atoms with Crippen molar-refractivity contribution in [1.82, 2.24) is 9.36 Å².